The lowest BCUT2D eigenvalue weighted by molar-refractivity contribution is -0.166. The summed E-state index contributed by atoms with van der Waals surface area (Å²) in [6.07, 6.45) is 71.1. The molecule has 0 saturated heterocycles. The summed E-state index contributed by atoms with van der Waals surface area (Å²) in [6, 6.07) is 0. The molecule has 0 aliphatic rings. The monoisotopic (exact) mass is 917 g/mol. The lowest BCUT2D eigenvalue weighted by Gasteiger charge is -2.18. The molecule has 0 aliphatic carbocycles. The Morgan fingerprint density at radius 2 is 0.667 bits per heavy atom. The first-order valence-corrected chi connectivity index (χ1v) is 27.3. The van der Waals surface area contributed by atoms with Crippen LogP contribution in [0.1, 0.15) is 245 Å². The van der Waals surface area contributed by atoms with Gasteiger partial charge in [-0.25, -0.2) is 0 Å². The van der Waals surface area contributed by atoms with Gasteiger partial charge in [-0.3, -0.25) is 14.4 Å². The smallest absolute Gasteiger partial charge is 0.306 e. The molecule has 0 aromatic rings. The minimum absolute atomic E-state index is 0.114. The molecule has 0 fully saturated rings. The second-order valence-electron chi connectivity index (χ2n) is 17.8. The molecule has 0 rings (SSSR count). The van der Waals surface area contributed by atoms with Crippen molar-refractivity contribution in [1.29, 1.82) is 0 Å². The molecule has 0 heterocycles. The van der Waals surface area contributed by atoms with Crippen molar-refractivity contribution >= 4 is 17.9 Å². The number of hydrogen-bond donors (Lipinski definition) is 0. The van der Waals surface area contributed by atoms with E-state index in [4.69, 9.17) is 14.2 Å². The van der Waals surface area contributed by atoms with Crippen molar-refractivity contribution in [2.24, 2.45) is 0 Å². The van der Waals surface area contributed by atoms with Crippen LogP contribution in [0.4, 0.5) is 0 Å². The van der Waals surface area contributed by atoms with E-state index in [2.05, 4.69) is 106 Å². The maximum atomic E-state index is 12.8. The van der Waals surface area contributed by atoms with Crippen molar-refractivity contribution in [2.45, 2.75) is 252 Å². The molecule has 0 amide bonds. The predicted octanol–water partition coefficient (Wildman–Crippen LogP) is 18.1. The normalized spacial score (nSPS) is 12.8. The maximum Gasteiger partial charge on any atom is 0.306 e. The molecule has 0 spiro atoms. The largest absolute Gasteiger partial charge is 0.462 e. The molecule has 1 unspecified atom stereocenters. The van der Waals surface area contributed by atoms with Gasteiger partial charge >= 0.3 is 17.9 Å². The van der Waals surface area contributed by atoms with Gasteiger partial charge in [0, 0.05) is 19.3 Å². The van der Waals surface area contributed by atoms with Crippen LogP contribution in [-0.4, -0.2) is 37.2 Å². The maximum absolute atomic E-state index is 12.8. The average molecular weight is 917 g/mol. The summed E-state index contributed by atoms with van der Waals surface area (Å²) < 4.78 is 16.7. The van der Waals surface area contributed by atoms with E-state index in [0.29, 0.717) is 19.3 Å². The molecule has 1 atom stereocenters. The van der Waals surface area contributed by atoms with Crippen LogP contribution >= 0.6 is 0 Å². The van der Waals surface area contributed by atoms with Gasteiger partial charge in [-0.05, 0) is 103 Å². The molecule has 0 aromatic heterocycles. The highest BCUT2D eigenvalue weighted by Crippen LogP contribution is 2.14. The van der Waals surface area contributed by atoms with Crippen molar-refractivity contribution in [3.05, 3.63) is 97.2 Å². The summed E-state index contributed by atoms with van der Waals surface area (Å²) in [5, 5.41) is 0. The van der Waals surface area contributed by atoms with Crippen LogP contribution in [0.15, 0.2) is 97.2 Å². The second kappa shape index (κ2) is 53.9. The molecular formula is C60H100O6. The molecule has 0 bridgehead atoms. The number of hydrogen-bond acceptors (Lipinski definition) is 6. The fraction of sp³-hybridized carbons (Fsp3) is 0.683. The van der Waals surface area contributed by atoms with Crippen molar-refractivity contribution in [3.63, 3.8) is 0 Å². The van der Waals surface area contributed by atoms with E-state index in [0.717, 1.165) is 83.5 Å². The van der Waals surface area contributed by atoms with Crippen molar-refractivity contribution < 1.29 is 28.6 Å². The third-order valence-electron chi connectivity index (χ3n) is 11.3. The lowest BCUT2D eigenvalue weighted by atomic mass is 10.1. The van der Waals surface area contributed by atoms with Gasteiger partial charge < -0.3 is 14.2 Å². The van der Waals surface area contributed by atoms with Crippen LogP contribution in [0.3, 0.4) is 0 Å². The van der Waals surface area contributed by atoms with Crippen LogP contribution in [-0.2, 0) is 28.6 Å². The molecular weight excluding hydrogens is 817 g/mol. The molecule has 0 aliphatic heterocycles. The quantitative estimate of drug-likeness (QED) is 0.0199. The highest BCUT2D eigenvalue weighted by atomic mass is 16.6. The first kappa shape index (κ1) is 62.3. The predicted molar refractivity (Wildman–Crippen MR) is 284 cm³/mol. The number of unbranched alkanes of at least 4 members (excludes halogenated alkanes) is 22. The van der Waals surface area contributed by atoms with Crippen molar-refractivity contribution in [3.8, 4) is 0 Å². The minimum Gasteiger partial charge on any atom is -0.462 e. The van der Waals surface area contributed by atoms with Crippen LogP contribution in [0.2, 0.25) is 0 Å². The van der Waals surface area contributed by atoms with Crippen molar-refractivity contribution in [1.82, 2.24) is 0 Å². The van der Waals surface area contributed by atoms with Gasteiger partial charge in [0.1, 0.15) is 13.2 Å². The summed E-state index contributed by atoms with van der Waals surface area (Å²) in [4.78, 5) is 38.0. The molecule has 6 heteroatoms. The number of esters is 3. The van der Waals surface area contributed by atoms with Gasteiger partial charge in [0.2, 0.25) is 0 Å². The van der Waals surface area contributed by atoms with Crippen LogP contribution < -0.4 is 0 Å². The highest BCUT2D eigenvalue weighted by Gasteiger charge is 2.19. The van der Waals surface area contributed by atoms with E-state index in [1.165, 1.54) is 116 Å². The molecule has 376 valence electrons. The van der Waals surface area contributed by atoms with E-state index in [1.54, 1.807) is 0 Å². The number of allylic oxidation sites excluding steroid dienone is 16. The average Bonchev–Trinajstić information content (AvgIpc) is 3.31. The van der Waals surface area contributed by atoms with E-state index in [9.17, 15) is 14.4 Å². The van der Waals surface area contributed by atoms with E-state index >= 15 is 0 Å². The third kappa shape index (κ3) is 51.3. The van der Waals surface area contributed by atoms with E-state index in [-0.39, 0.29) is 31.6 Å². The Balaban J connectivity index is 4.51. The number of carbonyl (C=O) groups is 3. The first-order valence-electron chi connectivity index (χ1n) is 27.3. The van der Waals surface area contributed by atoms with Gasteiger partial charge in [-0.15, -0.1) is 0 Å². The Morgan fingerprint density at radius 1 is 0.333 bits per heavy atom. The van der Waals surface area contributed by atoms with Crippen LogP contribution in [0.5, 0.6) is 0 Å². The van der Waals surface area contributed by atoms with Gasteiger partial charge in [-0.2, -0.15) is 0 Å². The fourth-order valence-electron chi connectivity index (χ4n) is 7.24. The summed E-state index contributed by atoms with van der Waals surface area (Å²) in [7, 11) is 0. The molecule has 6 nitrogen and oxygen atoms in total. The van der Waals surface area contributed by atoms with Crippen LogP contribution in [0.25, 0.3) is 0 Å². The summed E-state index contributed by atoms with van der Waals surface area (Å²) in [5.41, 5.74) is 0. The molecule has 0 N–H and O–H groups in total. The van der Waals surface area contributed by atoms with Crippen LogP contribution in [0, 0.1) is 0 Å². The highest BCUT2D eigenvalue weighted by molar-refractivity contribution is 5.71. The molecule has 0 aromatic carbocycles. The topological polar surface area (TPSA) is 78.9 Å². The number of carbonyl (C=O) groups excluding carboxylic acids is 3. The Morgan fingerprint density at radius 3 is 1.11 bits per heavy atom. The van der Waals surface area contributed by atoms with Gasteiger partial charge in [0.15, 0.2) is 6.10 Å². The summed E-state index contributed by atoms with van der Waals surface area (Å²) >= 11 is 0. The summed E-state index contributed by atoms with van der Waals surface area (Å²) in [5.74, 6) is -1.01. The Kier molecular flexibility index (Phi) is 50.9. The van der Waals surface area contributed by atoms with Crippen molar-refractivity contribution in [2.75, 3.05) is 13.2 Å². The van der Waals surface area contributed by atoms with Gasteiger partial charge in [0.25, 0.3) is 0 Å². The Bertz CT molecular complexity index is 1330. The molecule has 0 saturated carbocycles. The summed E-state index contributed by atoms with van der Waals surface area (Å²) in [6.45, 7) is 6.41. The Labute approximate surface area is 407 Å². The van der Waals surface area contributed by atoms with E-state index in [1.807, 2.05) is 12.2 Å². The molecule has 0 radical (unpaired) electrons. The second-order valence-corrected chi connectivity index (χ2v) is 17.8. The fourth-order valence-corrected chi connectivity index (χ4v) is 7.24. The van der Waals surface area contributed by atoms with E-state index < -0.39 is 12.1 Å². The third-order valence-corrected chi connectivity index (χ3v) is 11.3. The standard InChI is InChI=1S/C60H100O6/c1-4-7-10-13-16-19-22-25-28-30-33-35-38-41-44-47-50-53-59(62)65-56-57(55-64-58(61)52-49-46-43-40-37-34-31-27-24-21-18-15-12-9-6-3)66-60(63)54-51-48-45-42-39-36-32-29-26-23-20-17-14-11-8-5-2/h8,11,17-18,20-21,24-29,36,39,45,48,57H,4-7,9-10,12-16,19,22-23,30-35,37-38,40-44,46-47,49-56H2,1-3H3/b11-8-,20-17-,21-18-,27-24-,28-25-,29-26-,39-36-,48-45-. The zero-order valence-electron chi connectivity index (χ0n) is 42.9. The zero-order valence-corrected chi connectivity index (χ0v) is 42.9. The number of ether oxygens (including phenoxy) is 3. The SMILES string of the molecule is CC/C=C\C/C=C\C/C=C\C/C=C\C/C=C\CCC(=O)OC(COC(=O)CCCCCCCC/C=C\C=C/CCCCC)COC(=O)CCCCCCCCC/C=C\CCCCCCCC. The van der Waals surface area contributed by atoms with Gasteiger partial charge in [-0.1, -0.05) is 221 Å². The zero-order chi connectivity index (χ0) is 47.9. The van der Waals surface area contributed by atoms with Gasteiger partial charge in [0.05, 0.1) is 0 Å². The lowest BCUT2D eigenvalue weighted by Crippen LogP contribution is -2.30. The molecule has 66 heavy (non-hydrogen) atoms. The number of rotatable bonds is 48. The first-order chi connectivity index (χ1) is 32.5. The minimum atomic E-state index is -0.824. The Hall–Kier alpha value is -3.67.